The second kappa shape index (κ2) is 4.65. The monoisotopic (exact) mass is 177 g/mol. The van der Waals surface area contributed by atoms with Crippen molar-refractivity contribution in [1.82, 2.24) is 5.32 Å². The van der Waals surface area contributed by atoms with Gasteiger partial charge in [-0.3, -0.25) is 4.79 Å². The van der Waals surface area contributed by atoms with E-state index in [0.717, 1.165) is 6.42 Å². The Bertz CT molecular complexity index is 269. The highest BCUT2D eigenvalue weighted by Crippen LogP contribution is 2.02. The molecule has 2 heteroatoms. The molecule has 1 aromatic carbocycles. The van der Waals surface area contributed by atoms with Gasteiger partial charge in [0.25, 0.3) is 0 Å². The standard InChI is InChI=1S/C11H15NO/c1-9(12-10(2)13)8-11-6-4-3-5-7-11/h3-7,9H,8H2,1-2H3,(H,12,13). The number of hydrogen-bond donors (Lipinski definition) is 1. The van der Waals surface area contributed by atoms with E-state index in [1.807, 2.05) is 25.1 Å². The van der Waals surface area contributed by atoms with E-state index < -0.39 is 0 Å². The molecule has 0 heterocycles. The van der Waals surface area contributed by atoms with Gasteiger partial charge in [0.1, 0.15) is 0 Å². The average molecular weight is 177 g/mol. The van der Waals surface area contributed by atoms with Crippen molar-refractivity contribution in [3.05, 3.63) is 35.9 Å². The molecule has 0 bridgehead atoms. The van der Waals surface area contributed by atoms with Crippen LogP contribution in [0.25, 0.3) is 0 Å². The van der Waals surface area contributed by atoms with Crippen LogP contribution in [0.2, 0.25) is 0 Å². The van der Waals surface area contributed by atoms with Gasteiger partial charge in [0, 0.05) is 13.0 Å². The molecule has 70 valence electrons. The van der Waals surface area contributed by atoms with Crippen molar-refractivity contribution in [2.24, 2.45) is 0 Å². The summed E-state index contributed by atoms with van der Waals surface area (Å²) < 4.78 is 0. The largest absolute Gasteiger partial charge is 0.354 e. The lowest BCUT2D eigenvalue weighted by atomic mass is 10.1. The maximum absolute atomic E-state index is 10.7. The molecule has 1 unspecified atom stereocenters. The molecule has 0 aliphatic heterocycles. The van der Waals surface area contributed by atoms with E-state index in [1.165, 1.54) is 5.56 Å². The Balaban J connectivity index is 2.45. The smallest absolute Gasteiger partial charge is 0.217 e. The SMILES string of the molecule is CC(=O)NC(C)Cc1ccccc1. The zero-order chi connectivity index (χ0) is 9.68. The molecule has 1 N–H and O–H groups in total. The fraction of sp³-hybridized carbons (Fsp3) is 0.364. The quantitative estimate of drug-likeness (QED) is 0.748. The van der Waals surface area contributed by atoms with Crippen molar-refractivity contribution < 1.29 is 4.79 Å². The van der Waals surface area contributed by atoms with Gasteiger partial charge in [-0.05, 0) is 18.9 Å². The van der Waals surface area contributed by atoms with Crippen molar-refractivity contribution >= 4 is 5.91 Å². The van der Waals surface area contributed by atoms with E-state index in [0.29, 0.717) is 0 Å². The van der Waals surface area contributed by atoms with Gasteiger partial charge in [0.15, 0.2) is 0 Å². The molecule has 0 fully saturated rings. The first kappa shape index (κ1) is 9.78. The highest BCUT2D eigenvalue weighted by atomic mass is 16.1. The van der Waals surface area contributed by atoms with Gasteiger partial charge in [-0.25, -0.2) is 0 Å². The molecule has 13 heavy (non-hydrogen) atoms. The lowest BCUT2D eigenvalue weighted by Crippen LogP contribution is -2.31. The Labute approximate surface area is 79.0 Å². The highest BCUT2D eigenvalue weighted by Gasteiger charge is 2.03. The third-order valence-corrected chi connectivity index (χ3v) is 1.83. The average Bonchev–Trinajstić information content (AvgIpc) is 2.04. The Hall–Kier alpha value is -1.31. The third-order valence-electron chi connectivity index (χ3n) is 1.83. The zero-order valence-corrected chi connectivity index (χ0v) is 8.08. The van der Waals surface area contributed by atoms with Gasteiger partial charge in [-0.1, -0.05) is 30.3 Å². The van der Waals surface area contributed by atoms with E-state index in [2.05, 4.69) is 17.4 Å². The summed E-state index contributed by atoms with van der Waals surface area (Å²) in [5.74, 6) is 0.0310. The highest BCUT2D eigenvalue weighted by molar-refractivity contribution is 5.73. The topological polar surface area (TPSA) is 29.1 Å². The molecule has 0 aromatic heterocycles. The Kier molecular flexibility index (Phi) is 3.50. The van der Waals surface area contributed by atoms with E-state index in [1.54, 1.807) is 6.92 Å². The molecule has 0 radical (unpaired) electrons. The van der Waals surface area contributed by atoms with Gasteiger partial charge in [-0.15, -0.1) is 0 Å². The number of hydrogen-bond acceptors (Lipinski definition) is 1. The molecule has 1 amide bonds. The van der Waals surface area contributed by atoms with E-state index in [-0.39, 0.29) is 11.9 Å². The van der Waals surface area contributed by atoms with Crippen molar-refractivity contribution in [3.63, 3.8) is 0 Å². The van der Waals surface area contributed by atoms with Crippen LogP contribution < -0.4 is 5.32 Å². The third kappa shape index (κ3) is 3.74. The Morgan fingerprint density at radius 2 is 2.00 bits per heavy atom. The predicted molar refractivity (Wildman–Crippen MR) is 53.4 cm³/mol. The van der Waals surface area contributed by atoms with Crippen LogP contribution >= 0.6 is 0 Å². The van der Waals surface area contributed by atoms with Gasteiger partial charge < -0.3 is 5.32 Å². The van der Waals surface area contributed by atoms with Crippen molar-refractivity contribution in [1.29, 1.82) is 0 Å². The molecule has 0 saturated carbocycles. The number of carbonyl (C=O) groups excluding carboxylic acids is 1. The fourth-order valence-corrected chi connectivity index (χ4v) is 1.37. The van der Waals surface area contributed by atoms with Gasteiger partial charge in [-0.2, -0.15) is 0 Å². The summed E-state index contributed by atoms with van der Waals surface area (Å²) in [4.78, 5) is 10.7. The van der Waals surface area contributed by atoms with Gasteiger partial charge in [0.2, 0.25) is 5.91 Å². The summed E-state index contributed by atoms with van der Waals surface area (Å²) in [6.07, 6.45) is 0.889. The van der Waals surface area contributed by atoms with Crippen molar-refractivity contribution in [2.75, 3.05) is 0 Å². The van der Waals surface area contributed by atoms with Crippen LogP contribution in [0, 0.1) is 0 Å². The summed E-state index contributed by atoms with van der Waals surface area (Å²) in [5, 5.41) is 2.85. The molecule has 0 spiro atoms. The summed E-state index contributed by atoms with van der Waals surface area (Å²) in [6.45, 7) is 3.55. The van der Waals surface area contributed by atoms with Gasteiger partial charge in [0.05, 0.1) is 0 Å². The molecule has 2 nitrogen and oxygen atoms in total. The number of carbonyl (C=O) groups is 1. The van der Waals surface area contributed by atoms with E-state index >= 15 is 0 Å². The molecule has 0 aliphatic carbocycles. The summed E-state index contributed by atoms with van der Waals surface area (Å²) in [5.41, 5.74) is 1.25. The Morgan fingerprint density at radius 3 is 2.54 bits per heavy atom. The molecule has 0 aliphatic rings. The van der Waals surface area contributed by atoms with Crippen molar-refractivity contribution in [2.45, 2.75) is 26.3 Å². The van der Waals surface area contributed by atoms with Crippen LogP contribution in [-0.2, 0) is 11.2 Å². The number of nitrogens with one attached hydrogen (secondary N) is 1. The summed E-state index contributed by atoms with van der Waals surface area (Å²) >= 11 is 0. The van der Waals surface area contributed by atoms with Crippen LogP contribution in [0.4, 0.5) is 0 Å². The predicted octanol–water partition coefficient (Wildman–Crippen LogP) is 1.75. The lowest BCUT2D eigenvalue weighted by molar-refractivity contribution is -0.119. The van der Waals surface area contributed by atoms with Crippen LogP contribution in [0.1, 0.15) is 19.4 Å². The minimum atomic E-state index is 0.0310. The first-order valence-electron chi connectivity index (χ1n) is 4.49. The van der Waals surface area contributed by atoms with Crippen LogP contribution in [0.5, 0.6) is 0 Å². The van der Waals surface area contributed by atoms with Gasteiger partial charge >= 0.3 is 0 Å². The zero-order valence-electron chi connectivity index (χ0n) is 8.08. The Morgan fingerprint density at radius 1 is 1.38 bits per heavy atom. The normalized spacial score (nSPS) is 12.2. The first-order chi connectivity index (χ1) is 6.18. The van der Waals surface area contributed by atoms with Crippen molar-refractivity contribution in [3.8, 4) is 0 Å². The molecular formula is C11H15NO. The molecule has 1 rings (SSSR count). The van der Waals surface area contributed by atoms with Crippen LogP contribution in [-0.4, -0.2) is 11.9 Å². The first-order valence-corrected chi connectivity index (χ1v) is 4.49. The maximum atomic E-state index is 10.7. The second-order valence-corrected chi connectivity index (χ2v) is 3.29. The van der Waals surface area contributed by atoms with E-state index in [4.69, 9.17) is 0 Å². The maximum Gasteiger partial charge on any atom is 0.217 e. The molecule has 0 saturated heterocycles. The minimum Gasteiger partial charge on any atom is -0.354 e. The summed E-state index contributed by atoms with van der Waals surface area (Å²) in [7, 11) is 0. The fourth-order valence-electron chi connectivity index (χ4n) is 1.37. The minimum absolute atomic E-state index is 0.0310. The van der Waals surface area contributed by atoms with Crippen LogP contribution in [0.15, 0.2) is 30.3 Å². The second-order valence-electron chi connectivity index (χ2n) is 3.29. The molecule has 1 aromatic rings. The lowest BCUT2D eigenvalue weighted by Gasteiger charge is -2.11. The van der Waals surface area contributed by atoms with Crippen LogP contribution in [0.3, 0.4) is 0 Å². The number of benzene rings is 1. The number of rotatable bonds is 3. The summed E-state index contributed by atoms with van der Waals surface area (Å²) in [6, 6.07) is 10.4. The van der Waals surface area contributed by atoms with E-state index in [9.17, 15) is 4.79 Å². The number of amides is 1. The molecule has 1 atom stereocenters. The molecular weight excluding hydrogens is 162 g/mol.